The quantitative estimate of drug-likeness (QED) is 0.645. The van der Waals surface area contributed by atoms with Crippen molar-refractivity contribution in [2.45, 2.75) is 6.92 Å². The van der Waals surface area contributed by atoms with Gasteiger partial charge in [-0.3, -0.25) is 0 Å². The van der Waals surface area contributed by atoms with Crippen molar-refractivity contribution in [1.29, 1.82) is 0 Å². The second-order valence-electron chi connectivity index (χ2n) is 2.05. The standard InChI is InChI=1S/C5H4IN5/c1-3-4-9-10-5(6)11(4)8-2-7-3/h2H,1H3. The number of halogens is 1. The molecule has 6 heteroatoms. The van der Waals surface area contributed by atoms with Crippen LogP contribution < -0.4 is 0 Å². The Kier molecular flexibility index (Phi) is 1.48. The lowest BCUT2D eigenvalue weighted by Crippen LogP contribution is -1.97. The molecule has 0 aliphatic heterocycles. The zero-order chi connectivity index (χ0) is 7.84. The Labute approximate surface area is 76.0 Å². The minimum absolute atomic E-state index is 0.719. The van der Waals surface area contributed by atoms with Crippen LogP contribution in [0.2, 0.25) is 0 Å². The maximum absolute atomic E-state index is 3.98. The third kappa shape index (κ3) is 0.971. The van der Waals surface area contributed by atoms with Gasteiger partial charge >= 0.3 is 0 Å². The summed E-state index contributed by atoms with van der Waals surface area (Å²) in [6, 6.07) is 0. The van der Waals surface area contributed by atoms with Gasteiger partial charge in [0.2, 0.25) is 3.83 Å². The molecule has 0 aliphatic carbocycles. The number of nitrogens with zero attached hydrogens (tertiary/aromatic N) is 5. The Balaban J connectivity index is 2.94. The van der Waals surface area contributed by atoms with Crippen LogP contribution in [-0.4, -0.2) is 24.8 Å². The third-order valence-corrected chi connectivity index (χ3v) is 2.02. The van der Waals surface area contributed by atoms with E-state index in [1.54, 1.807) is 4.52 Å². The molecule has 0 bridgehead atoms. The lowest BCUT2D eigenvalue weighted by molar-refractivity contribution is 0.854. The third-order valence-electron chi connectivity index (χ3n) is 1.34. The summed E-state index contributed by atoms with van der Waals surface area (Å²) in [5.74, 6) is 0. The molecule has 0 radical (unpaired) electrons. The van der Waals surface area contributed by atoms with E-state index in [0.717, 1.165) is 15.2 Å². The maximum Gasteiger partial charge on any atom is 0.215 e. The molecule has 0 saturated heterocycles. The van der Waals surface area contributed by atoms with Crippen LogP contribution in [0, 0.1) is 10.8 Å². The summed E-state index contributed by atoms with van der Waals surface area (Å²) in [7, 11) is 0. The molecule has 5 nitrogen and oxygen atoms in total. The second kappa shape index (κ2) is 2.36. The lowest BCUT2D eigenvalue weighted by Gasteiger charge is -1.91. The van der Waals surface area contributed by atoms with Gasteiger partial charge in [0.1, 0.15) is 6.33 Å². The predicted molar refractivity (Wildman–Crippen MR) is 46.0 cm³/mol. The minimum Gasteiger partial charge on any atom is -0.236 e. The minimum atomic E-state index is 0.719. The monoisotopic (exact) mass is 261 g/mol. The van der Waals surface area contributed by atoms with Crippen molar-refractivity contribution in [2.24, 2.45) is 0 Å². The van der Waals surface area contributed by atoms with Crippen LogP contribution in [-0.2, 0) is 0 Å². The average Bonchev–Trinajstić information content (AvgIpc) is 2.35. The molecular formula is C5H4IN5. The molecular weight excluding hydrogens is 257 g/mol. The van der Waals surface area contributed by atoms with Gasteiger partial charge in [-0.2, -0.15) is 9.61 Å². The van der Waals surface area contributed by atoms with Crippen molar-refractivity contribution in [2.75, 3.05) is 0 Å². The number of hydrogen-bond donors (Lipinski definition) is 0. The van der Waals surface area contributed by atoms with E-state index in [0.29, 0.717) is 0 Å². The summed E-state index contributed by atoms with van der Waals surface area (Å²) < 4.78 is 2.41. The zero-order valence-corrected chi connectivity index (χ0v) is 7.85. The number of hydrogen-bond acceptors (Lipinski definition) is 4. The first-order chi connectivity index (χ1) is 5.29. The Morgan fingerprint density at radius 2 is 2.27 bits per heavy atom. The first-order valence-electron chi connectivity index (χ1n) is 2.97. The van der Waals surface area contributed by atoms with Gasteiger partial charge < -0.3 is 0 Å². The highest BCUT2D eigenvalue weighted by Gasteiger charge is 2.04. The van der Waals surface area contributed by atoms with Crippen molar-refractivity contribution in [3.63, 3.8) is 0 Å². The lowest BCUT2D eigenvalue weighted by atomic mass is 10.5. The molecule has 0 saturated carbocycles. The van der Waals surface area contributed by atoms with Crippen molar-refractivity contribution >= 4 is 28.2 Å². The molecule has 2 aromatic heterocycles. The van der Waals surface area contributed by atoms with Crippen molar-refractivity contribution in [3.8, 4) is 0 Å². The van der Waals surface area contributed by atoms with Crippen LogP contribution in [0.4, 0.5) is 0 Å². The van der Waals surface area contributed by atoms with Crippen LogP contribution in [0.15, 0.2) is 6.33 Å². The highest BCUT2D eigenvalue weighted by molar-refractivity contribution is 14.1. The molecule has 0 fully saturated rings. The van der Waals surface area contributed by atoms with E-state index in [4.69, 9.17) is 0 Å². The highest BCUT2D eigenvalue weighted by atomic mass is 127. The van der Waals surface area contributed by atoms with Gasteiger partial charge in [-0.05, 0) is 6.92 Å². The summed E-state index contributed by atoms with van der Waals surface area (Å²) >= 11 is 2.07. The largest absolute Gasteiger partial charge is 0.236 e. The summed E-state index contributed by atoms with van der Waals surface area (Å²) in [6.07, 6.45) is 1.49. The number of fused-ring (bicyclic) bond motifs is 1. The summed E-state index contributed by atoms with van der Waals surface area (Å²) in [5, 5.41) is 11.7. The molecule has 2 heterocycles. The fourth-order valence-electron chi connectivity index (χ4n) is 0.810. The molecule has 0 N–H and O–H groups in total. The highest BCUT2D eigenvalue weighted by Crippen LogP contribution is 2.04. The summed E-state index contributed by atoms with van der Waals surface area (Å²) in [6.45, 7) is 1.88. The fraction of sp³-hybridized carbons (Fsp3) is 0.200. The Morgan fingerprint density at radius 3 is 3.00 bits per heavy atom. The van der Waals surface area contributed by atoms with Gasteiger partial charge in [-0.15, -0.1) is 10.2 Å². The Bertz CT molecular complexity index is 395. The van der Waals surface area contributed by atoms with Crippen molar-refractivity contribution < 1.29 is 0 Å². The van der Waals surface area contributed by atoms with E-state index in [1.165, 1.54) is 6.33 Å². The van der Waals surface area contributed by atoms with Gasteiger partial charge in [0.05, 0.1) is 5.69 Å². The molecule has 2 aromatic rings. The van der Waals surface area contributed by atoms with Crippen LogP contribution >= 0.6 is 22.6 Å². The number of aryl methyl sites for hydroxylation is 1. The molecule has 0 unspecified atom stereocenters. The van der Waals surface area contributed by atoms with Gasteiger partial charge in [0.25, 0.3) is 0 Å². The smallest absolute Gasteiger partial charge is 0.215 e. The SMILES string of the molecule is Cc1ncnn2c(I)nnc12. The van der Waals surface area contributed by atoms with E-state index in [2.05, 4.69) is 42.9 Å². The summed E-state index contributed by atoms with van der Waals surface area (Å²) in [4.78, 5) is 3.98. The normalized spacial score (nSPS) is 10.7. The van der Waals surface area contributed by atoms with Gasteiger partial charge in [-0.1, -0.05) is 0 Å². The van der Waals surface area contributed by atoms with Crippen molar-refractivity contribution in [1.82, 2.24) is 24.8 Å². The number of aromatic nitrogens is 5. The van der Waals surface area contributed by atoms with E-state index < -0.39 is 0 Å². The molecule has 56 valence electrons. The Hall–Kier alpha value is -0.790. The van der Waals surface area contributed by atoms with E-state index in [-0.39, 0.29) is 0 Å². The van der Waals surface area contributed by atoms with Gasteiger partial charge in [0, 0.05) is 22.6 Å². The second-order valence-corrected chi connectivity index (χ2v) is 3.01. The molecule has 0 atom stereocenters. The first-order valence-corrected chi connectivity index (χ1v) is 4.05. The molecule has 11 heavy (non-hydrogen) atoms. The van der Waals surface area contributed by atoms with Crippen LogP contribution in [0.1, 0.15) is 5.69 Å². The van der Waals surface area contributed by atoms with Gasteiger partial charge in [-0.25, -0.2) is 4.98 Å². The van der Waals surface area contributed by atoms with E-state index in [1.807, 2.05) is 6.92 Å². The predicted octanol–water partition coefficient (Wildman–Crippen LogP) is 0.432. The summed E-state index contributed by atoms with van der Waals surface area (Å²) in [5.41, 5.74) is 1.56. The van der Waals surface area contributed by atoms with E-state index >= 15 is 0 Å². The molecule has 2 rings (SSSR count). The average molecular weight is 261 g/mol. The Morgan fingerprint density at radius 1 is 1.45 bits per heavy atom. The first kappa shape index (κ1) is 6.89. The van der Waals surface area contributed by atoms with Crippen LogP contribution in [0.3, 0.4) is 0 Å². The zero-order valence-electron chi connectivity index (χ0n) is 5.69. The molecule has 0 aliphatic rings. The van der Waals surface area contributed by atoms with Crippen LogP contribution in [0.5, 0.6) is 0 Å². The molecule has 0 aromatic carbocycles. The van der Waals surface area contributed by atoms with Crippen LogP contribution in [0.25, 0.3) is 5.65 Å². The number of rotatable bonds is 0. The fourth-order valence-corrected chi connectivity index (χ4v) is 1.27. The topological polar surface area (TPSA) is 56.0 Å². The molecule has 0 amide bonds. The van der Waals surface area contributed by atoms with Crippen molar-refractivity contribution in [3.05, 3.63) is 15.9 Å². The maximum atomic E-state index is 3.98. The molecule has 0 spiro atoms. The van der Waals surface area contributed by atoms with E-state index in [9.17, 15) is 0 Å². The van der Waals surface area contributed by atoms with Gasteiger partial charge in [0.15, 0.2) is 5.65 Å².